The van der Waals surface area contributed by atoms with Gasteiger partial charge < -0.3 is 0 Å². The lowest BCUT2D eigenvalue weighted by Gasteiger charge is -1.92. The third-order valence-corrected chi connectivity index (χ3v) is 2.65. The van der Waals surface area contributed by atoms with Crippen LogP contribution in [0, 0.1) is 0 Å². The summed E-state index contributed by atoms with van der Waals surface area (Å²) in [6.45, 7) is 3.50. The van der Waals surface area contributed by atoms with E-state index in [1.54, 1.807) is 6.08 Å². The first-order valence-electron chi connectivity index (χ1n) is 2.13. The van der Waals surface area contributed by atoms with Crippen LogP contribution in [0.25, 0.3) is 0 Å². The van der Waals surface area contributed by atoms with Gasteiger partial charge in [-0.1, -0.05) is 40.9 Å². The highest BCUT2D eigenvalue weighted by molar-refractivity contribution is 8.04. The van der Waals surface area contributed by atoms with Crippen molar-refractivity contribution in [2.45, 2.75) is 0 Å². The van der Waals surface area contributed by atoms with Crippen LogP contribution in [-0.4, -0.2) is 5.75 Å². The standard InChI is InChI=1S/C5H5Cl3S/c1-2-3-9-5(8)4(6)7/h2H,1,3H2. The van der Waals surface area contributed by atoms with E-state index in [1.165, 1.54) is 11.8 Å². The minimum absolute atomic E-state index is 0.114. The molecular formula is C5H5Cl3S. The van der Waals surface area contributed by atoms with Gasteiger partial charge in [-0.3, -0.25) is 0 Å². The zero-order valence-corrected chi connectivity index (χ0v) is 7.62. The van der Waals surface area contributed by atoms with Crippen molar-refractivity contribution >= 4 is 46.6 Å². The summed E-state index contributed by atoms with van der Waals surface area (Å²) in [6.07, 6.45) is 1.73. The Hall–Kier alpha value is 0.700. The third kappa shape index (κ3) is 5.16. The van der Waals surface area contributed by atoms with Crippen LogP contribution in [0.3, 0.4) is 0 Å². The lowest BCUT2D eigenvalue weighted by Crippen LogP contribution is -1.67. The molecule has 0 saturated heterocycles. The van der Waals surface area contributed by atoms with Crippen LogP contribution in [0.15, 0.2) is 21.5 Å². The molecule has 0 nitrogen and oxygen atoms in total. The molecule has 0 bridgehead atoms. The quantitative estimate of drug-likeness (QED) is 0.630. The zero-order chi connectivity index (χ0) is 7.28. The van der Waals surface area contributed by atoms with E-state index >= 15 is 0 Å². The minimum Gasteiger partial charge on any atom is -0.107 e. The summed E-state index contributed by atoms with van der Waals surface area (Å²) in [5, 5.41) is 0. The number of hydrogen-bond acceptors (Lipinski definition) is 1. The van der Waals surface area contributed by atoms with Gasteiger partial charge in [0, 0.05) is 5.75 Å². The molecule has 0 amide bonds. The third-order valence-electron chi connectivity index (χ3n) is 0.476. The van der Waals surface area contributed by atoms with Gasteiger partial charge in [0.1, 0.15) is 8.86 Å². The lowest BCUT2D eigenvalue weighted by molar-refractivity contribution is 1.83. The van der Waals surface area contributed by atoms with Crippen molar-refractivity contribution in [1.82, 2.24) is 0 Å². The molecule has 0 heterocycles. The highest BCUT2D eigenvalue weighted by Gasteiger charge is 1.96. The topological polar surface area (TPSA) is 0 Å². The van der Waals surface area contributed by atoms with Crippen LogP contribution in [0.2, 0.25) is 0 Å². The van der Waals surface area contributed by atoms with Crippen LogP contribution < -0.4 is 0 Å². The van der Waals surface area contributed by atoms with Crippen molar-refractivity contribution in [2.24, 2.45) is 0 Å². The van der Waals surface area contributed by atoms with Gasteiger partial charge in [-0.2, -0.15) is 0 Å². The van der Waals surface area contributed by atoms with Gasteiger partial charge in [-0.25, -0.2) is 0 Å². The maximum Gasteiger partial charge on any atom is 0.131 e. The van der Waals surface area contributed by atoms with Gasteiger partial charge in [0.25, 0.3) is 0 Å². The molecule has 0 N–H and O–H groups in total. The molecule has 0 spiro atoms. The monoisotopic (exact) mass is 202 g/mol. The van der Waals surface area contributed by atoms with Crippen LogP contribution in [0.4, 0.5) is 0 Å². The van der Waals surface area contributed by atoms with Crippen molar-refractivity contribution < 1.29 is 0 Å². The largest absolute Gasteiger partial charge is 0.131 e. The summed E-state index contributed by atoms with van der Waals surface area (Å²) in [4.78, 5) is 0. The lowest BCUT2D eigenvalue weighted by atomic mass is 10.8. The molecule has 0 unspecified atom stereocenters. The number of hydrogen-bond donors (Lipinski definition) is 0. The second-order valence-corrected chi connectivity index (χ2v) is 3.72. The maximum atomic E-state index is 5.53. The molecule has 0 aromatic carbocycles. The van der Waals surface area contributed by atoms with Gasteiger partial charge in [-0.15, -0.1) is 18.3 Å². The molecule has 0 fully saturated rings. The first-order chi connectivity index (χ1) is 4.18. The first-order valence-corrected chi connectivity index (χ1v) is 4.25. The predicted molar refractivity (Wildman–Crippen MR) is 47.2 cm³/mol. The molecular weight excluding hydrogens is 198 g/mol. The van der Waals surface area contributed by atoms with Crippen LogP contribution in [-0.2, 0) is 0 Å². The van der Waals surface area contributed by atoms with Crippen LogP contribution in [0.5, 0.6) is 0 Å². The van der Waals surface area contributed by atoms with Crippen molar-refractivity contribution in [3.63, 3.8) is 0 Å². The van der Waals surface area contributed by atoms with Gasteiger partial charge in [0.15, 0.2) is 0 Å². The van der Waals surface area contributed by atoms with Crippen molar-refractivity contribution in [3.8, 4) is 0 Å². The molecule has 0 aliphatic rings. The fraction of sp³-hybridized carbons (Fsp3) is 0.200. The summed E-state index contributed by atoms with van der Waals surface area (Å²) in [6, 6.07) is 0. The highest BCUT2D eigenvalue weighted by atomic mass is 35.5. The van der Waals surface area contributed by atoms with E-state index in [4.69, 9.17) is 34.8 Å². The molecule has 0 aliphatic carbocycles. The van der Waals surface area contributed by atoms with Crippen LogP contribution in [0.1, 0.15) is 0 Å². The van der Waals surface area contributed by atoms with E-state index in [9.17, 15) is 0 Å². The zero-order valence-electron chi connectivity index (χ0n) is 4.53. The van der Waals surface area contributed by atoms with E-state index in [0.29, 0.717) is 4.36 Å². The number of halogens is 3. The van der Waals surface area contributed by atoms with Crippen molar-refractivity contribution in [1.29, 1.82) is 0 Å². The minimum atomic E-state index is 0.114. The second-order valence-electron chi connectivity index (χ2n) is 1.13. The summed E-state index contributed by atoms with van der Waals surface area (Å²) in [5.41, 5.74) is 0. The van der Waals surface area contributed by atoms with E-state index in [-0.39, 0.29) is 4.49 Å². The summed E-state index contributed by atoms with van der Waals surface area (Å²) in [5.74, 6) is 0.724. The fourth-order valence-electron chi connectivity index (χ4n) is 0.187. The average Bonchev–Trinajstić information content (AvgIpc) is 1.82. The number of rotatable bonds is 3. The Labute approximate surface area is 73.9 Å². The van der Waals surface area contributed by atoms with E-state index in [1.807, 2.05) is 0 Å². The molecule has 4 heteroatoms. The molecule has 0 aliphatic heterocycles. The second kappa shape index (κ2) is 5.48. The Balaban J connectivity index is 3.62. The Morgan fingerprint density at radius 2 is 2.00 bits per heavy atom. The Morgan fingerprint density at radius 1 is 1.44 bits per heavy atom. The SMILES string of the molecule is C=CCSC(Cl)=C(Cl)Cl. The Morgan fingerprint density at radius 3 is 2.33 bits per heavy atom. The Kier molecular flexibility index (Phi) is 5.91. The van der Waals surface area contributed by atoms with Gasteiger partial charge in [-0.05, 0) is 0 Å². The van der Waals surface area contributed by atoms with E-state index < -0.39 is 0 Å². The van der Waals surface area contributed by atoms with Gasteiger partial charge in [0.2, 0.25) is 0 Å². The molecule has 0 aromatic rings. The first kappa shape index (κ1) is 9.70. The molecule has 0 saturated carbocycles. The fourth-order valence-corrected chi connectivity index (χ4v) is 1.08. The molecule has 0 atom stereocenters. The molecule has 0 rings (SSSR count). The van der Waals surface area contributed by atoms with Gasteiger partial charge in [0.05, 0.1) is 0 Å². The average molecular weight is 204 g/mol. The number of thioether (sulfide) groups is 1. The van der Waals surface area contributed by atoms with E-state index in [0.717, 1.165) is 5.75 Å². The maximum absolute atomic E-state index is 5.53. The van der Waals surface area contributed by atoms with E-state index in [2.05, 4.69) is 6.58 Å². The highest BCUT2D eigenvalue weighted by Crippen LogP contribution is 2.28. The summed E-state index contributed by atoms with van der Waals surface area (Å²) < 4.78 is 0.529. The van der Waals surface area contributed by atoms with Crippen molar-refractivity contribution in [2.75, 3.05) is 5.75 Å². The van der Waals surface area contributed by atoms with Crippen LogP contribution >= 0.6 is 46.6 Å². The molecule has 0 aromatic heterocycles. The molecule has 0 radical (unpaired) electrons. The predicted octanol–water partition coefficient (Wildman–Crippen LogP) is 3.75. The van der Waals surface area contributed by atoms with Gasteiger partial charge >= 0.3 is 0 Å². The smallest absolute Gasteiger partial charge is 0.107 e. The van der Waals surface area contributed by atoms with Crippen molar-refractivity contribution in [3.05, 3.63) is 21.5 Å². The Bertz CT molecular complexity index is 126. The normalized spacial score (nSPS) is 8.78. The summed E-state index contributed by atoms with van der Waals surface area (Å²) in [7, 11) is 0. The summed E-state index contributed by atoms with van der Waals surface area (Å²) >= 11 is 17.5. The molecule has 52 valence electrons. The molecule has 9 heavy (non-hydrogen) atoms.